The molecule has 1 heterocycles. The van der Waals surface area contributed by atoms with Gasteiger partial charge in [-0.15, -0.1) is 0 Å². The Hall–Kier alpha value is -1.59. The Morgan fingerprint density at radius 1 is 1.05 bits per heavy atom. The van der Waals surface area contributed by atoms with Crippen molar-refractivity contribution < 1.29 is 14.4 Å². The number of carbonyl (C=O) groups is 3. The van der Waals surface area contributed by atoms with E-state index in [1.807, 2.05) is 0 Å². The molecule has 116 valence electrons. The number of hydrogen-bond acceptors (Lipinski definition) is 3. The van der Waals surface area contributed by atoms with Crippen LogP contribution in [0.2, 0.25) is 10.0 Å². The third kappa shape index (κ3) is 2.59. The van der Waals surface area contributed by atoms with Crippen molar-refractivity contribution in [3.8, 4) is 0 Å². The largest absolute Gasteiger partial charge is 0.334 e. The van der Waals surface area contributed by atoms with Crippen LogP contribution in [-0.4, -0.2) is 33.7 Å². The summed E-state index contributed by atoms with van der Waals surface area (Å²) < 4.78 is 0. The third-order valence-corrected chi connectivity index (χ3v) is 4.70. The van der Waals surface area contributed by atoms with E-state index >= 15 is 0 Å². The summed E-state index contributed by atoms with van der Waals surface area (Å²) in [5, 5.41) is 0.830. The van der Waals surface area contributed by atoms with Gasteiger partial charge in [0, 0.05) is 16.1 Å². The normalized spacial score (nSPS) is 19.6. The summed E-state index contributed by atoms with van der Waals surface area (Å²) in [6.07, 6.45) is 3.47. The van der Waals surface area contributed by atoms with Crippen molar-refractivity contribution in [1.82, 2.24) is 9.80 Å². The first-order valence-electron chi connectivity index (χ1n) is 7.12. The molecule has 2 aliphatic rings. The van der Waals surface area contributed by atoms with Crippen molar-refractivity contribution in [2.75, 3.05) is 0 Å². The Labute approximate surface area is 137 Å². The highest BCUT2D eigenvalue weighted by atomic mass is 35.5. The number of halogens is 2. The molecule has 5 nitrogen and oxygen atoms in total. The average molecular weight is 341 g/mol. The van der Waals surface area contributed by atoms with Crippen molar-refractivity contribution in [3.05, 3.63) is 33.8 Å². The monoisotopic (exact) mass is 340 g/mol. The second kappa shape index (κ2) is 5.89. The first kappa shape index (κ1) is 15.3. The number of rotatable bonds is 3. The van der Waals surface area contributed by atoms with Gasteiger partial charge in [0.2, 0.25) is 0 Å². The molecule has 0 N–H and O–H groups in total. The van der Waals surface area contributed by atoms with Crippen LogP contribution < -0.4 is 0 Å². The Morgan fingerprint density at radius 2 is 1.73 bits per heavy atom. The average Bonchev–Trinajstić information content (AvgIpc) is 3.05. The first-order valence-corrected chi connectivity index (χ1v) is 7.87. The zero-order chi connectivity index (χ0) is 15.9. The highest BCUT2D eigenvalue weighted by Gasteiger charge is 2.48. The van der Waals surface area contributed by atoms with E-state index in [4.69, 9.17) is 23.2 Å². The van der Waals surface area contributed by atoms with Gasteiger partial charge >= 0.3 is 17.8 Å². The van der Waals surface area contributed by atoms with Gasteiger partial charge in [-0.3, -0.25) is 19.4 Å². The fourth-order valence-corrected chi connectivity index (χ4v) is 3.43. The van der Waals surface area contributed by atoms with Gasteiger partial charge in [-0.25, -0.2) is 4.79 Å². The van der Waals surface area contributed by atoms with Crippen molar-refractivity contribution in [2.24, 2.45) is 0 Å². The Bertz CT molecular complexity index is 656. The summed E-state index contributed by atoms with van der Waals surface area (Å²) >= 11 is 11.9. The molecule has 1 aromatic carbocycles. The minimum absolute atomic E-state index is 0.0252. The molecule has 1 aliphatic heterocycles. The van der Waals surface area contributed by atoms with Gasteiger partial charge < -0.3 is 0 Å². The van der Waals surface area contributed by atoms with Crippen molar-refractivity contribution >= 4 is 41.0 Å². The third-order valence-electron chi connectivity index (χ3n) is 4.12. The number of urea groups is 1. The summed E-state index contributed by atoms with van der Waals surface area (Å²) in [5.41, 5.74) is 0.578. The number of benzene rings is 1. The lowest BCUT2D eigenvalue weighted by Crippen LogP contribution is -2.39. The lowest BCUT2D eigenvalue weighted by molar-refractivity contribution is -0.144. The second-order valence-electron chi connectivity index (χ2n) is 5.52. The van der Waals surface area contributed by atoms with E-state index in [-0.39, 0.29) is 12.6 Å². The maximum atomic E-state index is 12.4. The first-order chi connectivity index (χ1) is 10.5. The lowest BCUT2D eigenvalue weighted by Gasteiger charge is -2.21. The molecule has 0 atom stereocenters. The van der Waals surface area contributed by atoms with Gasteiger partial charge in [0.15, 0.2) is 0 Å². The smallest absolute Gasteiger partial charge is 0.263 e. The van der Waals surface area contributed by atoms with Gasteiger partial charge in [0.1, 0.15) is 0 Å². The van der Waals surface area contributed by atoms with Crippen LogP contribution in [0.15, 0.2) is 18.2 Å². The highest BCUT2D eigenvalue weighted by molar-refractivity contribution is 6.44. The van der Waals surface area contributed by atoms with Crippen molar-refractivity contribution in [3.63, 3.8) is 0 Å². The maximum absolute atomic E-state index is 12.4. The second-order valence-corrected chi connectivity index (χ2v) is 6.37. The predicted molar refractivity (Wildman–Crippen MR) is 81.5 cm³/mol. The fourth-order valence-electron chi connectivity index (χ4n) is 2.97. The fraction of sp³-hybridized carbons (Fsp3) is 0.400. The number of imide groups is 2. The molecule has 1 saturated carbocycles. The number of hydrogen-bond donors (Lipinski definition) is 0. The molecule has 0 unspecified atom stereocenters. The van der Waals surface area contributed by atoms with Gasteiger partial charge in [-0.2, -0.15) is 0 Å². The van der Waals surface area contributed by atoms with Crippen LogP contribution >= 0.6 is 23.2 Å². The van der Waals surface area contributed by atoms with E-state index < -0.39 is 17.8 Å². The summed E-state index contributed by atoms with van der Waals surface area (Å²) in [7, 11) is 0. The number of carbonyl (C=O) groups excluding carboxylic acids is 3. The molecule has 0 radical (unpaired) electrons. The molecule has 1 aliphatic carbocycles. The zero-order valence-electron chi connectivity index (χ0n) is 11.7. The van der Waals surface area contributed by atoms with Crippen LogP contribution in [-0.2, 0) is 16.1 Å². The molecule has 0 spiro atoms. The van der Waals surface area contributed by atoms with E-state index in [0.717, 1.165) is 35.5 Å². The lowest BCUT2D eigenvalue weighted by atomic mass is 10.2. The SMILES string of the molecule is O=C1C(=O)N(C2CCCC2)C(=O)N1Cc1ccc(Cl)cc1Cl. The van der Waals surface area contributed by atoms with E-state index in [0.29, 0.717) is 15.6 Å². The number of amides is 4. The quantitative estimate of drug-likeness (QED) is 0.627. The molecule has 3 rings (SSSR count). The van der Waals surface area contributed by atoms with E-state index in [1.54, 1.807) is 18.2 Å². The summed E-state index contributed by atoms with van der Waals surface area (Å²) in [4.78, 5) is 38.7. The van der Waals surface area contributed by atoms with Crippen LogP contribution in [0.5, 0.6) is 0 Å². The molecular formula is C15H14Cl2N2O3. The standard InChI is InChI=1S/C15H14Cl2N2O3/c16-10-6-5-9(12(17)7-10)8-18-13(20)14(21)19(15(18)22)11-3-1-2-4-11/h5-7,11H,1-4,8H2. The Morgan fingerprint density at radius 3 is 2.36 bits per heavy atom. The van der Waals surface area contributed by atoms with E-state index in [1.165, 1.54) is 0 Å². The van der Waals surface area contributed by atoms with Gasteiger partial charge in [0.05, 0.1) is 6.54 Å². The van der Waals surface area contributed by atoms with Crippen molar-refractivity contribution in [1.29, 1.82) is 0 Å². The van der Waals surface area contributed by atoms with Crippen LogP contribution in [0.1, 0.15) is 31.2 Å². The summed E-state index contributed by atoms with van der Waals surface area (Å²) in [6, 6.07) is 4.11. The minimum Gasteiger partial charge on any atom is -0.263 e. The molecule has 7 heteroatoms. The molecule has 2 fully saturated rings. The Kier molecular flexibility index (Phi) is 4.10. The summed E-state index contributed by atoms with van der Waals surface area (Å²) in [5.74, 6) is -1.52. The maximum Gasteiger partial charge on any atom is 0.334 e. The van der Waals surface area contributed by atoms with E-state index in [9.17, 15) is 14.4 Å². The number of nitrogens with zero attached hydrogens (tertiary/aromatic N) is 2. The molecule has 0 bridgehead atoms. The molecule has 4 amide bonds. The topological polar surface area (TPSA) is 57.7 Å². The molecule has 1 saturated heterocycles. The van der Waals surface area contributed by atoms with Crippen LogP contribution in [0, 0.1) is 0 Å². The minimum atomic E-state index is -0.789. The zero-order valence-corrected chi connectivity index (χ0v) is 13.2. The van der Waals surface area contributed by atoms with Crippen LogP contribution in [0.25, 0.3) is 0 Å². The highest BCUT2D eigenvalue weighted by Crippen LogP contribution is 2.29. The van der Waals surface area contributed by atoms with Crippen LogP contribution in [0.4, 0.5) is 4.79 Å². The summed E-state index contributed by atoms with van der Waals surface area (Å²) in [6.45, 7) is -0.0252. The van der Waals surface area contributed by atoms with Crippen LogP contribution in [0.3, 0.4) is 0 Å². The van der Waals surface area contributed by atoms with E-state index in [2.05, 4.69) is 0 Å². The molecule has 1 aromatic rings. The van der Waals surface area contributed by atoms with Gasteiger partial charge in [-0.1, -0.05) is 42.1 Å². The Balaban J connectivity index is 1.83. The predicted octanol–water partition coefficient (Wildman–Crippen LogP) is 3.23. The molecule has 22 heavy (non-hydrogen) atoms. The molecular weight excluding hydrogens is 327 g/mol. The van der Waals surface area contributed by atoms with Crippen molar-refractivity contribution in [2.45, 2.75) is 38.3 Å². The van der Waals surface area contributed by atoms with Gasteiger partial charge in [-0.05, 0) is 30.5 Å². The van der Waals surface area contributed by atoms with Gasteiger partial charge in [0.25, 0.3) is 0 Å². The molecule has 0 aromatic heterocycles.